The van der Waals surface area contributed by atoms with Gasteiger partial charge in [-0.3, -0.25) is 9.78 Å². The SMILES string of the molecule is Cc1ccc(Nc2ccc(C(=O)N3CCCCCC3)cn2)cn1. The lowest BCUT2D eigenvalue weighted by Crippen LogP contribution is -2.31. The van der Waals surface area contributed by atoms with E-state index in [0.29, 0.717) is 11.4 Å². The Kier molecular flexibility index (Phi) is 4.86. The average Bonchev–Trinajstić information content (AvgIpc) is 2.86. The molecule has 120 valence electrons. The monoisotopic (exact) mass is 310 g/mol. The van der Waals surface area contributed by atoms with Gasteiger partial charge in [0.2, 0.25) is 0 Å². The number of amides is 1. The normalized spacial score (nSPS) is 15.1. The first kappa shape index (κ1) is 15.5. The number of nitrogens with zero attached hydrogens (tertiary/aromatic N) is 3. The topological polar surface area (TPSA) is 58.1 Å². The summed E-state index contributed by atoms with van der Waals surface area (Å²) in [5.74, 6) is 0.797. The van der Waals surface area contributed by atoms with E-state index in [1.54, 1.807) is 12.4 Å². The van der Waals surface area contributed by atoms with Gasteiger partial charge in [-0.2, -0.15) is 0 Å². The van der Waals surface area contributed by atoms with E-state index in [1.165, 1.54) is 12.8 Å². The van der Waals surface area contributed by atoms with Crippen molar-refractivity contribution in [3.63, 3.8) is 0 Å². The van der Waals surface area contributed by atoms with E-state index < -0.39 is 0 Å². The number of aromatic nitrogens is 2. The molecule has 1 aliphatic rings. The number of carbonyl (C=O) groups excluding carboxylic acids is 1. The fourth-order valence-electron chi connectivity index (χ4n) is 2.74. The van der Waals surface area contributed by atoms with Gasteiger partial charge in [-0.05, 0) is 44.0 Å². The van der Waals surface area contributed by atoms with Crippen molar-refractivity contribution in [3.05, 3.63) is 47.9 Å². The van der Waals surface area contributed by atoms with Crippen LogP contribution in [0.1, 0.15) is 41.7 Å². The van der Waals surface area contributed by atoms with E-state index in [1.807, 2.05) is 36.1 Å². The van der Waals surface area contributed by atoms with Crippen LogP contribution in [-0.2, 0) is 0 Å². The van der Waals surface area contributed by atoms with Crippen LogP contribution in [0.3, 0.4) is 0 Å². The molecule has 0 saturated carbocycles. The van der Waals surface area contributed by atoms with E-state index in [4.69, 9.17) is 0 Å². The van der Waals surface area contributed by atoms with Crippen LogP contribution in [0.25, 0.3) is 0 Å². The molecule has 1 N–H and O–H groups in total. The third-order valence-electron chi connectivity index (χ3n) is 4.09. The molecule has 3 heterocycles. The molecule has 1 fully saturated rings. The number of aryl methyl sites for hydroxylation is 1. The van der Waals surface area contributed by atoms with Gasteiger partial charge in [-0.1, -0.05) is 12.8 Å². The molecule has 0 radical (unpaired) electrons. The molecule has 1 amide bonds. The fraction of sp³-hybridized carbons (Fsp3) is 0.389. The van der Waals surface area contributed by atoms with Gasteiger partial charge in [-0.25, -0.2) is 4.98 Å². The van der Waals surface area contributed by atoms with E-state index in [2.05, 4.69) is 15.3 Å². The Morgan fingerprint density at radius 3 is 2.39 bits per heavy atom. The van der Waals surface area contributed by atoms with Crippen LogP contribution >= 0.6 is 0 Å². The Labute approximate surface area is 136 Å². The van der Waals surface area contributed by atoms with Gasteiger partial charge >= 0.3 is 0 Å². The largest absolute Gasteiger partial charge is 0.339 e. The highest BCUT2D eigenvalue weighted by Crippen LogP contribution is 2.16. The van der Waals surface area contributed by atoms with Crippen LogP contribution < -0.4 is 5.32 Å². The lowest BCUT2D eigenvalue weighted by molar-refractivity contribution is 0.0761. The minimum atomic E-state index is 0.0861. The highest BCUT2D eigenvalue weighted by Gasteiger charge is 2.17. The lowest BCUT2D eigenvalue weighted by Gasteiger charge is -2.20. The molecule has 23 heavy (non-hydrogen) atoms. The van der Waals surface area contributed by atoms with Crippen molar-refractivity contribution in [3.8, 4) is 0 Å². The van der Waals surface area contributed by atoms with Crippen molar-refractivity contribution in [2.75, 3.05) is 18.4 Å². The summed E-state index contributed by atoms with van der Waals surface area (Å²) in [6.45, 7) is 3.66. The highest BCUT2D eigenvalue weighted by atomic mass is 16.2. The van der Waals surface area contributed by atoms with Crippen LogP contribution in [0.15, 0.2) is 36.7 Å². The zero-order valence-corrected chi connectivity index (χ0v) is 13.5. The predicted octanol–water partition coefficient (Wildman–Crippen LogP) is 3.54. The van der Waals surface area contributed by atoms with Crippen molar-refractivity contribution in [1.82, 2.24) is 14.9 Å². The van der Waals surface area contributed by atoms with Gasteiger partial charge in [0, 0.05) is 25.0 Å². The summed E-state index contributed by atoms with van der Waals surface area (Å²) < 4.78 is 0. The van der Waals surface area contributed by atoms with Gasteiger partial charge in [0.1, 0.15) is 5.82 Å². The summed E-state index contributed by atoms with van der Waals surface area (Å²) in [5.41, 5.74) is 2.51. The number of carbonyl (C=O) groups is 1. The molecule has 1 saturated heterocycles. The standard InChI is InChI=1S/C18H22N4O/c1-14-6-8-16(13-19-14)21-17-9-7-15(12-20-17)18(23)22-10-4-2-3-5-11-22/h6-9,12-13H,2-5,10-11H2,1H3,(H,20,21). The van der Waals surface area contributed by atoms with Gasteiger partial charge in [0.05, 0.1) is 17.4 Å². The molecule has 0 atom stereocenters. The van der Waals surface area contributed by atoms with E-state index in [0.717, 1.165) is 37.3 Å². The number of pyridine rings is 2. The number of rotatable bonds is 3. The summed E-state index contributed by atoms with van der Waals surface area (Å²) in [4.78, 5) is 23.0. The van der Waals surface area contributed by atoms with Gasteiger partial charge in [-0.15, -0.1) is 0 Å². The molecule has 2 aromatic heterocycles. The number of hydrogen-bond donors (Lipinski definition) is 1. The third-order valence-corrected chi connectivity index (χ3v) is 4.09. The second kappa shape index (κ2) is 7.22. The van der Waals surface area contributed by atoms with Gasteiger partial charge < -0.3 is 10.2 Å². The maximum atomic E-state index is 12.5. The molecule has 0 bridgehead atoms. The zero-order valence-electron chi connectivity index (χ0n) is 13.5. The molecular weight excluding hydrogens is 288 g/mol. The van der Waals surface area contributed by atoms with Gasteiger partial charge in [0.15, 0.2) is 0 Å². The smallest absolute Gasteiger partial charge is 0.255 e. The minimum absolute atomic E-state index is 0.0861. The van der Waals surface area contributed by atoms with E-state index >= 15 is 0 Å². The number of hydrogen-bond acceptors (Lipinski definition) is 4. The van der Waals surface area contributed by atoms with Crippen LogP contribution in [0, 0.1) is 6.92 Å². The number of anilines is 2. The van der Waals surface area contributed by atoms with Crippen molar-refractivity contribution in [2.24, 2.45) is 0 Å². The molecule has 2 aromatic rings. The average molecular weight is 310 g/mol. The fourth-order valence-corrected chi connectivity index (χ4v) is 2.74. The second-order valence-electron chi connectivity index (χ2n) is 5.95. The molecule has 0 spiro atoms. The Morgan fingerprint density at radius 2 is 1.78 bits per heavy atom. The quantitative estimate of drug-likeness (QED) is 0.942. The number of nitrogens with one attached hydrogen (secondary N) is 1. The summed E-state index contributed by atoms with van der Waals surface area (Å²) in [6, 6.07) is 7.58. The third kappa shape index (κ3) is 4.06. The van der Waals surface area contributed by atoms with Crippen molar-refractivity contribution >= 4 is 17.4 Å². The Morgan fingerprint density at radius 1 is 1.00 bits per heavy atom. The Balaban J connectivity index is 1.66. The molecule has 0 unspecified atom stereocenters. The van der Waals surface area contributed by atoms with Crippen LogP contribution in [0.2, 0.25) is 0 Å². The molecule has 0 aromatic carbocycles. The first-order valence-corrected chi connectivity index (χ1v) is 8.17. The van der Waals surface area contributed by atoms with Gasteiger partial charge in [0.25, 0.3) is 5.91 Å². The first-order valence-electron chi connectivity index (χ1n) is 8.17. The highest BCUT2D eigenvalue weighted by molar-refractivity contribution is 5.94. The lowest BCUT2D eigenvalue weighted by atomic mass is 10.2. The Bertz CT molecular complexity index is 644. The maximum Gasteiger partial charge on any atom is 0.255 e. The molecule has 3 rings (SSSR count). The minimum Gasteiger partial charge on any atom is -0.339 e. The number of likely N-dealkylation sites (tertiary alicyclic amines) is 1. The Hall–Kier alpha value is -2.43. The molecule has 0 aliphatic carbocycles. The van der Waals surface area contributed by atoms with Crippen molar-refractivity contribution in [2.45, 2.75) is 32.6 Å². The maximum absolute atomic E-state index is 12.5. The second-order valence-corrected chi connectivity index (χ2v) is 5.95. The molecular formula is C18H22N4O. The van der Waals surface area contributed by atoms with E-state index in [9.17, 15) is 4.79 Å². The first-order chi connectivity index (χ1) is 11.2. The predicted molar refractivity (Wildman–Crippen MR) is 90.9 cm³/mol. The summed E-state index contributed by atoms with van der Waals surface area (Å²) >= 11 is 0. The zero-order chi connectivity index (χ0) is 16.1. The summed E-state index contributed by atoms with van der Waals surface area (Å²) in [5, 5.41) is 3.19. The molecule has 5 nitrogen and oxygen atoms in total. The van der Waals surface area contributed by atoms with E-state index in [-0.39, 0.29) is 5.91 Å². The van der Waals surface area contributed by atoms with Crippen LogP contribution in [0.5, 0.6) is 0 Å². The van der Waals surface area contributed by atoms with Crippen molar-refractivity contribution in [1.29, 1.82) is 0 Å². The van der Waals surface area contributed by atoms with Crippen LogP contribution in [-0.4, -0.2) is 33.9 Å². The molecule has 5 heteroatoms. The molecule has 1 aliphatic heterocycles. The summed E-state index contributed by atoms with van der Waals surface area (Å²) in [7, 11) is 0. The summed E-state index contributed by atoms with van der Waals surface area (Å²) in [6.07, 6.45) is 8.05. The van der Waals surface area contributed by atoms with Crippen molar-refractivity contribution < 1.29 is 4.79 Å². The van der Waals surface area contributed by atoms with Crippen LogP contribution in [0.4, 0.5) is 11.5 Å².